The highest BCUT2D eigenvalue weighted by molar-refractivity contribution is 7.71. The molecule has 4 heterocycles. The molecular formula is C14H18N8O5S. The lowest BCUT2D eigenvalue weighted by Gasteiger charge is -2.16. The molecule has 0 aliphatic carbocycles. The van der Waals surface area contributed by atoms with Gasteiger partial charge in [-0.1, -0.05) is 12.2 Å². The summed E-state index contributed by atoms with van der Waals surface area (Å²) >= 11 is 4.91. The van der Waals surface area contributed by atoms with Gasteiger partial charge in [0.25, 0.3) is 0 Å². The van der Waals surface area contributed by atoms with Gasteiger partial charge in [0.2, 0.25) is 5.95 Å². The van der Waals surface area contributed by atoms with Crippen LogP contribution in [0.2, 0.25) is 0 Å². The van der Waals surface area contributed by atoms with Gasteiger partial charge in [-0.25, -0.2) is 14.8 Å². The largest absolute Gasteiger partial charge is 0.394 e. The van der Waals surface area contributed by atoms with Gasteiger partial charge in [0.05, 0.1) is 12.9 Å². The summed E-state index contributed by atoms with van der Waals surface area (Å²) in [6.07, 6.45) is -1.73. The van der Waals surface area contributed by atoms with Crippen LogP contribution < -0.4 is 17.2 Å². The molecule has 0 saturated carbocycles. The molecule has 4 rings (SSSR count). The third kappa shape index (κ3) is 3.85. The highest BCUT2D eigenvalue weighted by Gasteiger charge is 2.43. The molecule has 28 heavy (non-hydrogen) atoms. The van der Waals surface area contributed by atoms with Crippen LogP contribution in [0.25, 0.3) is 11.2 Å². The van der Waals surface area contributed by atoms with Crippen LogP contribution in [0.3, 0.4) is 0 Å². The summed E-state index contributed by atoms with van der Waals surface area (Å²) in [7, 11) is 0. The molecule has 1 fully saturated rings. The number of nitrogens with zero attached hydrogens (tertiary/aromatic N) is 4. The molecule has 9 N–H and O–H groups in total. The Bertz CT molecular complexity index is 1080. The van der Waals surface area contributed by atoms with E-state index in [4.69, 9.17) is 33.5 Å². The number of nitrogen functional groups attached to an aromatic ring is 2. The van der Waals surface area contributed by atoms with E-state index in [1.54, 1.807) is 0 Å². The maximum absolute atomic E-state index is 11.5. The summed E-state index contributed by atoms with van der Waals surface area (Å²) in [6, 6.07) is 1.37. The highest BCUT2D eigenvalue weighted by Crippen LogP contribution is 2.27. The summed E-state index contributed by atoms with van der Waals surface area (Å²) in [5, 5.41) is 28.2. The van der Waals surface area contributed by atoms with E-state index in [0.29, 0.717) is 15.8 Å². The molecule has 0 bridgehead atoms. The zero-order chi connectivity index (χ0) is 20.4. The lowest BCUT2D eigenvalue weighted by molar-refractivity contribution is -0.0549. The number of ether oxygens (including phenoxy) is 1. The minimum absolute atomic E-state index is 0.0537. The molecule has 0 aromatic carbocycles. The summed E-state index contributed by atoms with van der Waals surface area (Å²) in [5.41, 5.74) is 11.4. The van der Waals surface area contributed by atoms with E-state index in [1.165, 1.54) is 18.6 Å². The molecule has 150 valence electrons. The van der Waals surface area contributed by atoms with Gasteiger partial charge in [-0.3, -0.25) is 4.57 Å². The lowest BCUT2D eigenvalue weighted by Crippen LogP contribution is -2.36. The normalized spacial score (nSPS) is 24.1. The standard InChI is InChI=1S/C9H13N3O5.C5H5N5S/c10-5-1-2-12(9(16)11-5)8-7(15)6(14)4(3-13)17-8;6-5-9-3-2(4(11)10-5)7-1-8-3/h1-2,4,6-8,13-15H,3H2,(H2,10,11,16);1H,(H4,6,7,8,9,10,11)/t4-,6-,7+,8-;/m1./s1. The van der Waals surface area contributed by atoms with Crippen LogP contribution in [0.1, 0.15) is 6.23 Å². The summed E-state index contributed by atoms with van der Waals surface area (Å²) in [4.78, 5) is 28.4. The molecule has 0 unspecified atom stereocenters. The average molecular weight is 410 g/mol. The van der Waals surface area contributed by atoms with E-state index in [2.05, 4.69) is 24.9 Å². The maximum Gasteiger partial charge on any atom is 0.351 e. The Labute approximate surface area is 161 Å². The highest BCUT2D eigenvalue weighted by atomic mass is 32.1. The second-order valence-electron chi connectivity index (χ2n) is 5.82. The molecule has 4 atom stereocenters. The zero-order valence-electron chi connectivity index (χ0n) is 14.3. The first-order chi connectivity index (χ1) is 13.3. The van der Waals surface area contributed by atoms with Gasteiger partial charge >= 0.3 is 5.69 Å². The number of aromatic nitrogens is 6. The third-order valence-corrected chi connectivity index (χ3v) is 4.26. The van der Waals surface area contributed by atoms with Crippen molar-refractivity contribution < 1.29 is 20.1 Å². The number of rotatable bonds is 2. The van der Waals surface area contributed by atoms with Crippen LogP contribution in [0, 0.1) is 4.64 Å². The molecule has 14 heteroatoms. The first-order valence-corrected chi connectivity index (χ1v) is 8.38. The Balaban J connectivity index is 0.000000176. The van der Waals surface area contributed by atoms with E-state index >= 15 is 0 Å². The molecule has 13 nitrogen and oxygen atoms in total. The van der Waals surface area contributed by atoms with Crippen molar-refractivity contribution in [3.05, 3.63) is 33.7 Å². The zero-order valence-corrected chi connectivity index (χ0v) is 15.1. The average Bonchev–Trinajstić information content (AvgIpc) is 3.22. The Morgan fingerprint density at radius 1 is 1.29 bits per heavy atom. The van der Waals surface area contributed by atoms with Gasteiger partial charge < -0.3 is 41.5 Å². The van der Waals surface area contributed by atoms with Crippen molar-refractivity contribution in [1.29, 1.82) is 0 Å². The number of fused-ring (bicyclic) bond motifs is 1. The van der Waals surface area contributed by atoms with E-state index in [0.717, 1.165) is 4.57 Å². The lowest BCUT2D eigenvalue weighted by atomic mass is 10.1. The summed E-state index contributed by atoms with van der Waals surface area (Å²) < 4.78 is 6.63. The number of imidazole rings is 1. The minimum atomic E-state index is -1.31. The van der Waals surface area contributed by atoms with E-state index < -0.39 is 36.8 Å². The van der Waals surface area contributed by atoms with Gasteiger partial charge in [0.15, 0.2) is 16.5 Å². The molecule has 0 amide bonds. The Morgan fingerprint density at radius 3 is 2.68 bits per heavy atom. The smallest absolute Gasteiger partial charge is 0.351 e. The van der Waals surface area contributed by atoms with Crippen molar-refractivity contribution in [2.45, 2.75) is 24.5 Å². The predicted molar refractivity (Wildman–Crippen MR) is 99.4 cm³/mol. The number of H-pyrrole nitrogens is 2. The van der Waals surface area contributed by atoms with E-state index in [-0.39, 0.29) is 11.8 Å². The number of nitrogens with one attached hydrogen (secondary N) is 2. The number of anilines is 2. The van der Waals surface area contributed by atoms with Crippen LogP contribution >= 0.6 is 12.2 Å². The second kappa shape index (κ2) is 7.99. The molecule has 0 spiro atoms. The topological polar surface area (TPSA) is 214 Å². The molecule has 3 aromatic heterocycles. The van der Waals surface area contributed by atoms with Crippen LogP contribution in [-0.2, 0) is 4.74 Å². The Kier molecular flexibility index (Phi) is 5.66. The number of hydrogen-bond donors (Lipinski definition) is 7. The Morgan fingerprint density at radius 2 is 2.04 bits per heavy atom. The van der Waals surface area contributed by atoms with Crippen molar-refractivity contribution in [3.63, 3.8) is 0 Å². The molecular weight excluding hydrogens is 392 g/mol. The summed E-state index contributed by atoms with van der Waals surface area (Å²) in [6.45, 7) is -0.453. The van der Waals surface area contributed by atoms with Gasteiger partial charge in [-0.05, 0) is 6.07 Å². The van der Waals surface area contributed by atoms with Crippen molar-refractivity contribution in [3.8, 4) is 0 Å². The maximum atomic E-state index is 11.5. The molecule has 0 radical (unpaired) electrons. The quantitative estimate of drug-likeness (QED) is 0.230. The fraction of sp³-hybridized carbons (Fsp3) is 0.357. The number of aromatic amines is 2. The van der Waals surface area contributed by atoms with E-state index in [9.17, 15) is 15.0 Å². The SMILES string of the molecule is Nc1ccn([C@@H]2O[C@H](CO)[C@@H](O)[C@@H]2O)c(=O)n1.Nc1nc(=S)c2[nH]cnc2[nH]1. The summed E-state index contributed by atoms with van der Waals surface area (Å²) in [5.74, 6) is 0.340. The van der Waals surface area contributed by atoms with Gasteiger partial charge in [-0.15, -0.1) is 0 Å². The predicted octanol–water partition coefficient (Wildman–Crippen LogP) is -1.97. The van der Waals surface area contributed by atoms with Crippen LogP contribution in [-0.4, -0.2) is 69.7 Å². The van der Waals surface area contributed by atoms with Crippen LogP contribution in [0.5, 0.6) is 0 Å². The fourth-order valence-electron chi connectivity index (χ4n) is 2.60. The number of aliphatic hydroxyl groups excluding tert-OH is 3. The van der Waals surface area contributed by atoms with Crippen molar-refractivity contribution in [2.24, 2.45) is 0 Å². The van der Waals surface area contributed by atoms with Crippen molar-refractivity contribution >= 4 is 35.1 Å². The number of nitrogens with two attached hydrogens (primary N) is 2. The van der Waals surface area contributed by atoms with Crippen LogP contribution in [0.4, 0.5) is 11.8 Å². The minimum Gasteiger partial charge on any atom is -0.394 e. The fourth-order valence-corrected chi connectivity index (χ4v) is 2.85. The molecule has 1 saturated heterocycles. The van der Waals surface area contributed by atoms with Gasteiger partial charge in [-0.2, -0.15) is 4.98 Å². The first-order valence-electron chi connectivity index (χ1n) is 7.97. The van der Waals surface area contributed by atoms with Crippen LogP contribution in [0.15, 0.2) is 23.4 Å². The van der Waals surface area contributed by atoms with Crippen molar-refractivity contribution in [2.75, 3.05) is 18.1 Å². The number of hydrogen-bond acceptors (Lipinski definition) is 11. The number of aliphatic hydroxyl groups is 3. The second-order valence-corrected chi connectivity index (χ2v) is 6.21. The van der Waals surface area contributed by atoms with Gasteiger partial charge in [0, 0.05) is 6.20 Å². The molecule has 3 aromatic rings. The molecule has 1 aliphatic rings. The molecule has 1 aliphatic heterocycles. The third-order valence-electron chi connectivity index (χ3n) is 3.96. The Hall–Kier alpha value is -2.91. The monoisotopic (exact) mass is 410 g/mol. The van der Waals surface area contributed by atoms with Gasteiger partial charge in [0.1, 0.15) is 29.6 Å². The first kappa shape index (κ1) is 19.8. The van der Waals surface area contributed by atoms with Crippen molar-refractivity contribution in [1.82, 2.24) is 29.5 Å². The van der Waals surface area contributed by atoms with E-state index in [1.807, 2.05) is 0 Å².